The quantitative estimate of drug-likeness (QED) is 0.832. The van der Waals surface area contributed by atoms with Crippen LogP contribution in [-0.4, -0.2) is 29.2 Å². The smallest absolute Gasteiger partial charge is 0.295 e. The van der Waals surface area contributed by atoms with Gasteiger partial charge in [0.25, 0.3) is 11.7 Å². The molecule has 0 bridgehead atoms. The van der Waals surface area contributed by atoms with Gasteiger partial charge in [0.15, 0.2) is 17.3 Å². The number of hydrogen-bond acceptors (Lipinski definition) is 2. The molecule has 1 N–H and O–H groups in total. The van der Waals surface area contributed by atoms with Crippen molar-refractivity contribution in [3.8, 4) is 11.4 Å². The molecule has 0 saturated carbocycles. The maximum Gasteiger partial charge on any atom is 0.295 e. The molecular formula is C19H24F2N3O2+. The summed E-state index contributed by atoms with van der Waals surface area (Å²) in [6.07, 6.45) is 0.574. The lowest BCUT2D eigenvalue weighted by molar-refractivity contribution is -0.661. The summed E-state index contributed by atoms with van der Waals surface area (Å²) in [7, 11) is 1.77. The largest absolute Gasteiger partial charge is 0.377 e. The summed E-state index contributed by atoms with van der Waals surface area (Å²) in [4.78, 5) is 12.9. The molecule has 0 spiro atoms. The van der Waals surface area contributed by atoms with Gasteiger partial charge in [0.1, 0.15) is 6.54 Å². The number of amides is 1. The first-order chi connectivity index (χ1) is 12.2. The molecule has 1 aliphatic heterocycles. The Bertz CT molecular complexity index is 853. The summed E-state index contributed by atoms with van der Waals surface area (Å²) in [5.41, 5.74) is 1.49. The molecule has 1 aliphatic rings. The van der Waals surface area contributed by atoms with Crippen LogP contribution in [0, 0.1) is 11.6 Å². The molecule has 0 atom stereocenters. The number of fused-ring (bicyclic) bond motifs is 1. The number of carbonyl (C=O) groups excluding carboxylic acids is 1. The zero-order valence-electron chi connectivity index (χ0n) is 15.5. The third kappa shape index (κ3) is 3.49. The average Bonchev–Trinajstić information content (AvgIpc) is 2.67. The van der Waals surface area contributed by atoms with Crippen LogP contribution in [0.1, 0.15) is 37.0 Å². The van der Waals surface area contributed by atoms with Crippen molar-refractivity contribution in [2.45, 2.75) is 39.3 Å². The molecule has 2 heterocycles. The molecule has 26 heavy (non-hydrogen) atoms. The number of carbonyl (C=O) groups is 1. The van der Waals surface area contributed by atoms with Gasteiger partial charge in [-0.25, -0.2) is 17.9 Å². The highest BCUT2D eigenvalue weighted by Crippen LogP contribution is 2.25. The van der Waals surface area contributed by atoms with E-state index in [1.807, 2.05) is 25.3 Å². The van der Waals surface area contributed by atoms with E-state index in [4.69, 9.17) is 4.74 Å². The van der Waals surface area contributed by atoms with Crippen LogP contribution in [0.4, 0.5) is 8.78 Å². The second kappa shape index (κ2) is 6.79. The Morgan fingerprint density at radius 3 is 2.62 bits per heavy atom. The molecule has 7 heteroatoms. The van der Waals surface area contributed by atoms with Crippen LogP contribution in [0.2, 0.25) is 0 Å². The zero-order valence-corrected chi connectivity index (χ0v) is 15.5. The lowest BCUT2D eigenvalue weighted by Gasteiger charge is -2.19. The highest BCUT2D eigenvalue weighted by Gasteiger charge is 2.35. The van der Waals surface area contributed by atoms with Crippen LogP contribution in [-0.2, 0) is 24.8 Å². The molecule has 0 fully saturated rings. The standard InChI is InChI=1S/C19H23F2N3O2/c1-19(2,3)22-17(25)16-15-7-9-26-10-8-24(15)18(23(16)4)12-5-6-13(20)14(21)11-12/h5-6,11H,7-10H2,1-4H3/p+1. The van der Waals surface area contributed by atoms with Crippen LogP contribution >= 0.6 is 0 Å². The first-order valence-corrected chi connectivity index (χ1v) is 8.66. The SMILES string of the molecule is C[n+]1c(C(=O)NC(C)(C)C)c2n(c1-c1ccc(F)c(F)c1)CCOCC2. The molecule has 0 unspecified atom stereocenters. The van der Waals surface area contributed by atoms with Crippen molar-refractivity contribution in [3.63, 3.8) is 0 Å². The van der Waals surface area contributed by atoms with Crippen LogP contribution in [0.15, 0.2) is 18.2 Å². The number of ether oxygens (including phenoxy) is 1. The third-order valence-corrected chi connectivity index (χ3v) is 4.33. The van der Waals surface area contributed by atoms with Crippen molar-refractivity contribution in [2.24, 2.45) is 7.05 Å². The summed E-state index contributed by atoms with van der Waals surface area (Å²) in [5.74, 6) is -1.35. The molecule has 0 saturated heterocycles. The van der Waals surface area contributed by atoms with E-state index in [0.29, 0.717) is 43.3 Å². The molecule has 1 aromatic heterocycles. The molecular weight excluding hydrogens is 340 g/mol. The average molecular weight is 364 g/mol. The molecule has 140 valence electrons. The van der Waals surface area contributed by atoms with E-state index < -0.39 is 11.6 Å². The Kier molecular flexibility index (Phi) is 4.84. The zero-order chi connectivity index (χ0) is 19.1. The Morgan fingerprint density at radius 2 is 1.96 bits per heavy atom. The minimum Gasteiger partial charge on any atom is -0.377 e. The number of halogens is 2. The van der Waals surface area contributed by atoms with Gasteiger partial charge in [-0.3, -0.25) is 4.79 Å². The Morgan fingerprint density at radius 1 is 1.23 bits per heavy atom. The van der Waals surface area contributed by atoms with E-state index in [9.17, 15) is 13.6 Å². The maximum atomic E-state index is 13.8. The van der Waals surface area contributed by atoms with Gasteiger partial charge in [0.2, 0.25) is 5.69 Å². The minimum absolute atomic E-state index is 0.195. The monoisotopic (exact) mass is 364 g/mol. The van der Waals surface area contributed by atoms with Crippen molar-refractivity contribution in [3.05, 3.63) is 41.2 Å². The van der Waals surface area contributed by atoms with Gasteiger partial charge in [-0.2, -0.15) is 0 Å². The third-order valence-electron chi connectivity index (χ3n) is 4.33. The summed E-state index contributed by atoms with van der Waals surface area (Å²) in [5, 5.41) is 2.98. The minimum atomic E-state index is -0.913. The number of nitrogens with zero attached hydrogens (tertiary/aromatic N) is 2. The summed E-state index contributed by atoms with van der Waals surface area (Å²) >= 11 is 0. The van der Waals surface area contributed by atoms with Crippen LogP contribution in [0.5, 0.6) is 0 Å². The maximum absolute atomic E-state index is 13.8. The summed E-state index contributed by atoms with van der Waals surface area (Å²) in [6, 6.07) is 3.79. The molecule has 2 aromatic rings. The second-order valence-electron chi connectivity index (χ2n) is 7.52. The van der Waals surface area contributed by atoms with Crippen LogP contribution in [0.3, 0.4) is 0 Å². The number of imidazole rings is 1. The summed E-state index contributed by atoms with van der Waals surface area (Å²) < 4.78 is 36.4. The first kappa shape index (κ1) is 18.5. The van der Waals surface area contributed by atoms with E-state index in [1.54, 1.807) is 11.6 Å². The molecule has 5 nitrogen and oxygen atoms in total. The highest BCUT2D eigenvalue weighted by atomic mass is 19.2. The van der Waals surface area contributed by atoms with Gasteiger partial charge in [0, 0.05) is 12.0 Å². The summed E-state index contributed by atoms with van der Waals surface area (Å²) in [6.45, 7) is 7.30. The topological polar surface area (TPSA) is 47.1 Å². The molecule has 1 amide bonds. The fourth-order valence-electron chi connectivity index (χ4n) is 3.33. The lowest BCUT2D eigenvalue weighted by Crippen LogP contribution is -2.47. The number of aromatic nitrogens is 2. The van der Waals surface area contributed by atoms with Gasteiger partial charge < -0.3 is 10.1 Å². The van der Waals surface area contributed by atoms with E-state index in [0.717, 1.165) is 17.8 Å². The first-order valence-electron chi connectivity index (χ1n) is 8.66. The lowest BCUT2D eigenvalue weighted by atomic mass is 10.1. The van der Waals surface area contributed by atoms with Crippen molar-refractivity contribution in [1.29, 1.82) is 0 Å². The molecule has 0 aliphatic carbocycles. The van der Waals surface area contributed by atoms with Crippen LogP contribution < -0.4 is 9.88 Å². The van der Waals surface area contributed by atoms with Crippen molar-refractivity contribution in [1.82, 2.24) is 9.88 Å². The van der Waals surface area contributed by atoms with Crippen molar-refractivity contribution < 1.29 is 22.9 Å². The van der Waals surface area contributed by atoms with E-state index >= 15 is 0 Å². The van der Waals surface area contributed by atoms with E-state index in [-0.39, 0.29) is 11.4 Å². The fourth-order valence-corrected chi connectivity index (χ4v) is 3.33. The number of hydrogen-bond donors (Lipinski definition) is 1. The number of benzene rings is 1. The number of nitrogens with one attached hydrogen (secondary N) is 1. The molecule has 3 rings (SSSR count). The van der Waals surface area contributed by atoms with Crippen LogP contribution in [0.25, 0.3) is 11.4 Å². The van der Waals surface area contributed by atoms with Gasteiger partial charge >= 0.3 is 0 Å². The van der Waals surface area contributed by atoms with Gasteiger partial charge in [0.05, 0.1) is 25.8 Å². The fraction of sp³-hybridized carbons (Fsp3) is 0.474. The predicted molar refractivity (Wildman–Crippen MR) is 92.7 cm³/mol. The predicted octanol–water partition coefficient (Wildman–Crippen LogP) is 2.36. The van der Waals surface area contributed by atoms with Gasteiger partial charge in [-0.15, -0.1) is 0 Å². The molecule has 0 radical (unpaired) electrons. The Balaban J connectivity index is 2.18. The number of rotatable bonds is 2. The highest BCUT2D eigenvalue weighted by molar-refractivity contribution is 5.93. The van der Waals surface area contributed by atoms with E-state index in [1.165, 1.54) is 6.07 Å². The van der Waals surface area contributed by atoms with Crippen molar-refractivity contribution in [2.75, 3.05) is 13.2 Å². The van der Waals surface area contributed by atoms with Gasteiger partial charge in [-0.05, 0) is 39.0 Å². The normalized spacial score (nSPS) is 14.7. The Hall–Kier alpha value is -2.28. The Labute approximate surface area is 151 Å². The second-order valence-corrected chi connectivity index (χ2v) is 7.52. The van der Waals surface area contributed by atoms with Gasteiger partial charge in [-0.1, -0.05) is 0 Å². The van der Waals surface area contributed by atoms with E-state index in [2.05, 4.69) is 5.32 Å². The van der Waals surface area contributed by atoms with Crippen molar-refractivity contribution >= 4 is 5.91 Å². The molecule has 1 aromatic carbocycles.